The SMILES string of the molecule is CCN(CCO)c1ccc(C)c(NC(C)=O)c1. The first-order valence-electron chi connectivity index (χ1n) is 5.82. The van der Waals surface area contributed by atoms with Gasteiger partial charge in [0.15, 0.2) is 0 Å². The van der Waals surface area contributed by atoms with Crippen LogP contribution in [0.2, 0.25) is 0 Å². The van der Waals surface area contributed by atoms with Gasteiger partial charge < -0.3 is 15.3 Å². The van der Waals surface area contributed by atoms with Gasteiger partial charge in [-0.1, -0.05) is 6.07 Å². The molecular weight excluding hydrogens is 216 g/mol. The number of benzene rings is 1. The second-order valence-electron chi connectivity index (χ2n) is 3.98. The lowest BCUT2D eigenvalue weighted by molar-refractivity contribution is -0.114. The van der Waals surface area contributed by atoms with E-state index < -0.39 is 0 Å². The third-order valence-corrected chi connectivity index (χ3v) is 2.65. The average Bonchev–Trinajstić information content (AvgIpc) is 2.28. The van der Waals surface area contributed by atoms with Gasteiger partial charge in [0.2, 0.25) is 5.91 Å². The lowest BCUT2D eigenvalue weighted by Gasteiger charge is -2.23. The molecule has 0 fully saturated rings. The number of aryl methyl sites for hydroxylation is 1. The Morgan fingerprint density at radius 3 is 2.71 bits per heavy atom. The zero-order valence-corrected chi connectivity index (χ0v) is 10.7. The number of hydrogen-bond acceptors (Lipinski definition) is 3. The number of carbonyl (C=O) groups is 1. The van der Waals surface area contributed by atoms with Crippen LogP contribution in [0.15, 0.2) is 18.2 Å². The monoisotopic (exact) mass is 236 g/mol. The molecule has 2 N–H and O–H groups in total. The van der Waals surface area contributed by atoms with Crippen molar-refractivity contribution in [2.45, 2.75) is 20.8 Å². The molecule has 0 aromatic heterocycles. The highest BCUT2D eigenvalue weighted by atomic mass is 16.3. The van der Waals surface area contributed by atoms with Crippen molar-refractivity contribution in [1.82, 2.24) is 0 Å². The Bertz CT molecular complexity index is 391. The zero-order valence-electron chi connectivity index (χ0n) is 10.7. The van der Waals surface area contributed by atoms with Crippen molar-refractivity contribution < 1.29 is 9.90 Å². The first kappa shape index (κ1) is 13.5. The Kier molecular flexibility index (Phi) is 4.97. The summed E-state index contributed by atoms with van der Waals surface area (Å²) in [5.74, 6) is -0.0737. The fourth-order valence-electron chi connectivity index (χ4n) is 1.72. The van der Waals surface area contributed by atoms with Gasteiger partial charge in [-0.3, -0.25) is 4.79 Å². The van der Waals surface area contributed by atoms with Crippen molar-refractivity contribution in [3.63, 3.8) is 0 Å². The molecule has 0 bridgehead atoms. The van der Waals surface area contributed by atoms with Gasteiger partial charge >= 0.3 is 0 Å². The molecule has 0 saturated carbocycles. The number of nitrogens with one attached hydrogen (secondary N) is 1. The first-order chi connectivity index (χ1) is 8.08. The summed E-state index contributed by atoms with van der Waals surface area (Å²) >= 11 is 0. The fraction of sp³-hybridized carbons (Fsp3) is 0.462. The number of anilines is 2. The standard InChI is InChI=1S/C13H20N2O2/c1-4-15(7-8-16)12-6-5-10(2)13(9-12)14-11(3)17/h5-6,9,16H,4,7-8H2,1-3H3,(H,14,17). The zero-order chi connectivity index (χ0) is 12.8. The van der Waals surface area contributed by atoms with Crippen LogP contribution in [0.25, 0.3) is 0 Å². The van der Waals surface area contributed by atoms with E-state index in [2.05, 4.69) is 10.2 Å². The van der Waals surface area contributed by atoms with E-state index in [-0.39, 0.29) is 12.5 Å². The third-order valence-electron chi connectivity index (χ3n) is 2.65. The van der Waals surface area contributed by atoms with Crippen molar-refractivity contribution in [1.29, 1.82) is 0 Å². The predicted octanol–water partition coefficient (Wildman–Crippen LogP) is 1.77. The van der Waals surface area contributed by atoms with E-state index in [0.717, 1.165) is 23.5 Å². The third kappa shape index (κ3) is 3.75. The minimum absolute atomic E-state index is 0.0737. The van der Waals surface area contributed by atoms with Gasteiger partial charge in [-0.2, -0.15) is 0 Å². The van der Waals surface area contributed by atoms with Gasteiger partial charge in [-0.15, -0.1) is 0 Å². The minimum Gasteiger partial charge on any atom is -0.395 e. The average molecular weight is 236 g/mol. The van der Waals surface area contributed by atoms with Crippen molar-refractivity contribution in [3.05, 3.63) is 23.8 Å². The van der Waals surface area contributed by atoms with Crippen molar-refractivity contribution in [2.24, 2.45) is 0 Å². The Morgan fingerprint density at radius 2 is 2.18 bits per heavy atom. The second kappa shape index (κ2) is 6.25. The summed E-state index contributed by atoms with van der Waals surface area (Å²) in [5, 5.41) is 11.8. The first-order valence-corrected chi connectivity index (χ1v) is 5.82. The molecule has 0 heterocycles. The summed E-state index contributed by atoms with van der Waals surface area (Å²) in [6.45, 7) is 7.03. The minimum atomic E-state index is -0.0737. The summed E-state index contributed by atoms with van der Waals surface area (Å²) in [6, 6.07) is 5.91. The predicted molar refractivity (Wildman–Crippen MR) is 70.5 cm³/mol. The van der Waals surface area contributed by atoms with Crippen LogP contribution >= 0.6 is 0 Å². The molecule has 0 radical (unpaired) electrons. The van der Waals surface area contributed by atoms with Crippen LogP contribution in [0, 0.1) is 6.92 Å². The number of carbonyl (C=O) groups excluding carboxylic acids is 1. The van der Waals surface area contributed by atoms with Crippen LogP contribution in [-0.2, 0) is 4.79 Å². The van der Waals surface area contributed by atoms with Crippen molar-refractivity contribution >= 4 is 17.3 Å². The van der Waals surface area contributed by atoms with Crippen LogP contribution in [0.5, 0.6) is 0 Å². The largest absolute Gasteiger partial charge is 0.395 e. The Hall–Kier alpha value is -1.55. The number of likely N-dealkylation sites (N-methyl/N-ethyl adjacent to an activating group) is 1. The molecule has 0 spiro atoms. The van der Waals surface area contributed by atoms with E-state index >= 15 is 0 Å². The number of nitrogens with zero attached hydrogens (tertiary/aromatic N) is 1. The van der Waals surface area contributed by atoms with Gasteiger partial charge in [0.05, 0.1) is 6.61 Å². The Labute approximate surface area is 102 Å². The molecular formula is C13H20N2O2. The highest BCUT2D eigenvalue weighted by Gasteiger charge is 2.07. The molecule has 0 saturated heterocycles. The normalized spacial score (nSPS) is 10.1. The molecule has 4 heteroatoms. The van der Waals surface area contributed by atoms with Gasteiger partial charge in [0, 0.05) is 31.4 Å². The van der Waals surface area contributed by atoms with Crippen LogP contribution in [-0.4, -0.2) is 30.7 Å². The Morgan fingerprint density at radius 1 is 1.47 bits per heavy atom. The second-order valence-corrected chi connectivity index (χ2v) is 3.98. The number of amides is 1. The van der Waals surface area contributed by atoms with Crippen molar-refractivity contribution in [2.75, 3.05) is 29.9 Å². The van der Waals surface area contributed by atoms with E-state index in [1.165, 1.54) is 6.92 Å². The van der Waals surface area contributed by atoms with Crippen molar-refractivity contribution in [3.8, 4) is 0 Å². The summed E-state index contributed by atoms with van der Waals surface area (Å²) < 4.78 is 0. The molecule has 0 unspecified atom stereocenters. The topological polar surface area (TPSA) is 52.6 Å². The van der Waals surface area contributed by atoms with Gasteiger partial charge in [0.25, 0.3) is 0 Å². The van der Waals surface area contributed by atoms with E-state index in [1.54, 1.807) is 0 Å². The summed E-state index contributed by atoms with van der Waals surface area (Å²) in [5.41, 5.74) is 2.87. The summed E-state index contributed by atoms with van der Waals surface area (Å²) in [4.78, 5) is 13.1. The molecule has 0 aliphatic carbocycles. The highest BCUT2D eigenvalue weighted by molar-refractivity contribution is 5.90. The number of aliphatic hydroxyl groups excluding tert-OH is 1. The lowest BCUT2D eigenvalue weighted by Crippen LogP contribution is -2.26. The molecule has 17 heavy (non-hydrogen) atoms. The van der Waals surface area contributed by atoms with E-state index in [1.807, 2.05) is 32.0 Å². The lowest BCUT2D eigenvalue weighted by atomic mass is 10.1. The summed E-state index contributed by atoms with van der Waals surface area (Å²) in [6.07, 6.45) is 0. The molecule has 1 aromatic carbocycles. The van der Waals surface area contributed by atoms with Crippen LogP contribution in [0.3, 0.4) is 0 Å². The molecule has 1 rings (SSSR count). The maximum Gasteiger partial charge on any atom is 0.221 e. The molecule has 0 atom stereocenters. The Balaban J connectivity index is 2.97. The number of hydrogen-bond donors (Lipinski definition) is 2. The maximum absolute atomic E-state index is 11.1. The van der Waals surface area contributed by atoms with E-state index in [0.29, 0.717) is 6.54 Å². The summed E-state index contributed by atoms with van der Waals surface area (Å²) in [7, 11) is 0. The van der Waals surface area contributed by atoms with Crippen LogP contribution < -0.4 is 10.2 Å². The quantitative estimate of drug-likeness (QED) is 0.819. The van der Waals surface area contributed by atoms with E-state index in [9.17, 15) is 4.79 Å². The van der Waals surface area contributed by atoms with Crippen LogP contribution in [0.1, 0.15) is 19.4 Å². The van der Waals surface area contributed by atoms with Gasteiger partial charge in [-0.25, -0.2) is 0 Å². The molecule has 94 valence electrons. The van der Waals surface area contributed by atoms with Gasteiger partial charge in [-0.05, 0) is 31.5 Å². The smallest absolute Gasteiger partial charge is 0.221 e. The maximum atomic E-state index is 11.1. The number of aliphatic hydroxyl groups is 1. The molecule has 0 aliphatic heterocycles. The van der Waals surface area contributed by atoms with E-state index in [4.69, 9.17) is 5.11 Å². The number of rotatable bonds is 5. The molecule has 1 aromatic rings. The molecule has 0 aliphatic rings. The fourth-order valence-corrected chi connectivity index (χ4v) is 1.72. The molecule has 4 nitrogen and oxygen atoms in total. The van der Waals surface area contributed by atoms with Crippen LogP contribution in [0.4, 0.5) is 11.4 Å². The van der Waals surface area contributed by atoms with Gasteiger partial charge in [0.1, 0.15) is 0 Å². The molecule has 1 amide bonds. The highest BCUT2D eigenvalue weighted by Crippen LogP contribution is 2.23.